The molecule has 1 aromatic heterocycles. The second-order valence-corrected chi connectivity index (χ2v) is 8.05. The molecule has 0 radical (unpaired) electrons. The Morgan fingerprint density at radius 1 is 1.27 bits per heavy atom. The van der Waals surface area contributed by atoms with E-state index in [2.05, 4.69) is 5.32 Å². The van der Waals surface area contributed by atoms with Crippen LogP contribution in [0.3, 0.4) is 0 Å². The Hall–Kier alpha value is -1.66. The molecule has 2 bridgehead atoms. The number of carbonyl (C=O) groups is 1. The van der Waals surface area contributed by atoms with Crippen LogP contribution in [0.25, 0.3) is 0 Å². The number of carbonyl (C=O) groups excluding carboxylic acids is 1. The fourth-order valence-corrected chi connectivity index (χ4v) is 5.07. The van der Waals surface area contributed by atoms with E-state index >= 15 is 0 Å². The van der Waals surface area contributed by atoms with Gasteiger partial charge in [-0.05, 0) is 50.8 Å². The summed E-state index contributed by atoms with van der Waals surface area (Å²) < 4.78 is 11.2. The number of piperidine rings is 2. The van der Waals surface area contributed by atoms with Crippen LogP contribution in [0.4, 0.5) is 0 Å². The van der Waals surface area contributed by atoms with E-state index in [0.29, 0.717) is 30.7 Å². The average Bonchev–Trinajstić information content (AvgIpc) is 2.89. The van der Waals surface area contributed by atoms with E-state index in [-0.39, 0.29) is 23.5 Å². The normalized spacial score (nSPS) is 31.2. The number of ether oxygens (including phenoxy) is 1. The lowest BCUT2D eigenvalue weighted by Crippen LogP contribution is -2.49. The van der Waals surface area contributed by atoms with Crippen LogP contribution in [0, 0.1) is 18.8 Å². The minimum absolute atomic E-state index is 0.184. The van der Waals surface area contributed by atoms with E-state index in [9.17, 15) is 9.59 Å². The number of hydrogen-bond acceptors (Lipinski definition) is 5. The summed E-state index contributed by atoms with van der Waals surface area (Å²) in [5, 5.41) is 3.34. The van der Waals surface area contributed by atoms with E-state index < -0.39 is 5.63 Å². The van der Waals surface area contributed by atoms with E-state index in [0.717, 1.165) is 44.3 Å². The molecule has 0 spiro atoms. The molecule has 1 saturated carbocycles. The Kier molecular flexibility index (Phi) is 4.88. The Bertz CT molecular complexity index is 724. The van der Waals surface area contributed by atoms with E-state index in [1.807, 2.05) is 17.9 Å². The highest BCUT2D eigenvalue weighted by Gasteiger charge is 2.44. The largest absolute Gasteiger partial charge is 0.427 e. The molecule has 26 heavy (non-hydrogen) atoms. The van der Waals surface area contributed by atoms with E-state index in [1.54, 1.807) is 7.11 Å². The van der Waals surface area contributed by atoms with Crippen molar-refractivity contribution in [2.24, 2.45) is 11.8 Å². The van der Waals surface area contributed by atoms with Gasteiger partial charge in [0, 0.05) is 44.5 Å². The van der Waals surface area contributed by atoms with Gasteiger partial charge in [-0.15, -0.1) is 0 Å². The third-order valence-electron chi connectivity index (χ3n) is 6.39. The van der Waals surface area contributed by atoms with Gasteiger partial charge in [-0.2, -0.15) is 0 Å². The maximum Gasteiger partial charge on any atom is 0.349 e. The van der Waals surface area contributed by atoms with Gasteiger partial charge >= 0.3 is 5.63 Å². The summed E-state index contributed by atoms with van der Waals surface area (Å²) in [6.07, 6.45) is 4.52. The predicted molar refractivity (Wildman–Crippen MR) is 97.5 cm³/mol. The second-order valence-electron chi connectivity index (χ2n) is 8.05. The summed E-state index contributed by atoms with van der Waals surface area (Å²) in [6, 6.07) is 1.89. The number of likely N-dealkylation sites (tertiary alicyclic amines) is 1. The molecule has 3 heterocycles. The summed E-state index contributed by atoms with van der Waals surface area (Å²) >= 11 is 0. The van der Waals surface area contributed by atoms with Gasteiger partial charge in [-0.1, -0.05) is 0 Å². The Morgan fingerprint density at radius 3 is 2.58 bits per heavy atom. The lowest BCUT2D eigenvalue weighted by molar-refractivity contribution is -0.0115. The summed E-state index contributed by atoms with van der Waals surface area (Å²) in [4.78, 5) is 27.5. The lowest BCUT2D eigenvalue weighted by atomic mass is 9.93. The molecule has 1 amide bonds. The van der Waals surface area contributed by atoms with Crippen LogP contribution in [-0.4, -0.2) is 50.2 Å². The molecule has 2 unspecified atom stereocenters. The summed E-state index contributed by atoms with van der Waals surface area (Å²) in [5.41, 5.74) is 0.442. The first-order chi connectivity index (χ1) is 12.6. The van der Waals surface area contributed by atoms with Crippen LogP contribution < -0.4 is 10.9 Å². The highest BCUT2D eigenvalue weighted by atomic mass is 16.5. The quantitative estimate of drug-likeness (QED) is 0.892. The summed E-state index contributed by atoms with van der Waals surface area (Å²) in [6.45, 7) is 5.02. The third-order valence-corrected chi connectivity index (χ3v) is 6.39. The topological polar surface area (TPSA) is 71.8 Å². The molecule has 1 aromatic rings. The van der Waals surface area contributed by atoms with Gasteiger partial charge in [0.2, 0.25) is 0 Å². The van der Waals surface area contributed by atoms with Crippen molar-refractivity contribution in [3.05, 3.63) is 33.4 Å². The van der Waals surface area contributed by atoms with Gasteiger partial charge < -0.3 is 19.4 Å². The first-order valence-electron chi connectivity index (χ1n) is 9.76. The van der Waals surface area contributed by atoms with Gasteiger partial charge in [0.05, 0.1) is 6.10 Å². The monoisotopic (exact) mass is 360 g/mol. The van der Waals surface area contributed by atoms with E-state index in [4.69, 9.17) is 9.15 Å². The molecule has 2 saturated heterocycles. The van der Waals surface area contributed by atoms with Crippen molar-refractivity contribution in [2.75, 3.05) is 33.3 Å². The molecule has 3 fully saturated rings. The standard InChI is InChI=1S/C20H28N2O4/c1-12-8-16(13-4-3-7-21-9-13)26-20(24)17(12)19(23)22-10-14-5-6-15(11-22)18(14)25-2/h8,13-15,18,21H,3-7,9-11H2,1-2H3/t13?,14-,15+,18?. The third kappa shape index (κ3) is 3.09. The molecule has 6 nitrogen and oxygen atoms in total. The molecule has 6 heteroatoms. The Morgan fingerprint density at radius 2 is 2.00 bits per heavy atom. The van der Waals surface area contributed by atoms with Gasteiger partial charge in [-0.25, -0.2) is 4.79 Å². The highest BCUT2D eigenvalue weighted by molar-refractivity contribution is 5.95. The molecule has 0 aromatic carbocycles. The molecule has 4 atom stereocenters. The number of nitrogens with zero attached hydrogens (tertiary/aromatic N) is 1. The first-order valence-corrected chi connectivity index (χ1v) is 9.76. The van der Waals surface area contributed by atoms with Crippen LogP contribution in [0.5, 0.6) is 0 Å². The van der Waals surface area contributed by atoms with Crippen LogP contribution in [0.1, 0.15) is 53.3 Å². The minimum Gasteiger partial charge on any atom is -0.427 e. The molecule has 4 rings (SSSR count). The molecule has 1 aliphatic carbocycles. The van der Waals surface area contributed by atoms with Gasteiger partial charge in [-0.3, -0.25) is 4.79 Å². The highest BCUT2D eigenvalue weighted by Crippen LogP contribution is 2.39. The smallest absolute Gasteiger partial charge is 0.349 e. The molecule has 2 aliphatic heterocycles. The number of fused-ring (bicyclic) bond motifs is 2. The minimum atomic E-state index is -0.489. The van der Waals surface area contributed by atoms with Gasteiger partial charge in [0.25, 0.3) is 5.91 Å². The first kappa shape index (κ1) is 17.7. The molecular weight excluding hydrogens is 332 g/mol. The van der Waals surface area contributed by atoms with Crippen LogP contribution in [0.2, 0.25) is 0 Å². The van der Waals surface area contributed by atoms with Crippen molar-refractivity contribution in [2.45, 2.75) is 44.6 Å². The number of hydrogen-bond donors (Lipinski definition) is 1. The van der Waals surface area contributed by atoms with Crippen LogP contribution in [-0.2, 0) is 4.74 Å². The Balaban J connectivity index is 1.56. The number of methoxy groups -OCH3 is 1. The van der Waals surface area contributed by atoms with Crippen molar-refractivity contribution in [1.82, 2.24) is 10.2 Å². The maximum absolute atomic E-state index is 13.1. The van der Waals surface area contributed by atoms with Crippen molar-refractivity contribution < 1.29 is 13.9 Å². The number of aryl methyl sites for hydroxylation is 1. The molecule has 1 N–H and O–H groups in total. The second kappa shape index (κ2) is 7.16. The van der Waals surface area contributed by atoms with Crippen molar-refractivity contribution in [3.8, 4) is 0 Å². The lowest BCUT2D eigenvalue weighted by Gasteiger charge is -2.37. The number of nitrogens with one attached hydrogen (secondary N) is 1. The SMILES string of the molecule is COC1[C@@H]2CC[C@H]1CN(C(=O)c1c(C)cc(C3CCCNC3)oc1=O)C2. The van der Waals surface area contributed by atoms with Gasteiger partial charge in [0.1, 0.15) is 11.3 Å². The fraction of sp³-hybridized carbons (Fsp3) is 0.700. The van der Waals surface area contributed by atoms with Crippen molar-refractivity contribution in [3.63, 3.8) is 0 Å². The van der Waals surface area contributed by atoms with Gasteiger partial charge in [0.15, 0.2) is 0 Å². The molecule has 142 valence electrons. The van der Waals surface area contributed by atoms with Crippen molar-refractivity contribution in [1.29, 1.82) is 0 Å². The zero-order valence-electron chi connectivity index (χ0n) is 15.6. The maximum atomic E-state index is 13.1. The summed E-state index contributed by atoms with van der Waals surface area (Å²) in [5.74, 6) is 1.49. The van der Waals surface area contributed by atoms with E-state index in [1.165, 1.54) is 0 Å². The average molecular weight is 360 g/mol. The predicted octanol–water partition coefficient (Wildman–Crippen LogP) is 1.91. The number of amides is 1. The fourth-order valence-electron chi connectivity index (χ4n) is 5.07. The number of rotatable bonds is 3. The van der Waals surface area contributed by atoms with Crippen LogP contribution in [0.15, 0.2) is 15.3 Å². The molecular formula is C20H28N2O4. The summed E-state index contributed by atoms with van der Waals surface area (Å²) in [7, 11) is 1.76. The van der Waals surface area contributed by atoms with Crippen LogP contribution >= 0.6 is 0 Å². The zero-order chi connectivity index (χ0) is 18.3. The zero-order valence-corrected chi connectivity index (χ0v) is 15.6. The Labute approximate surface area is 153 Å². The van der Waals surface area contributed by atoms with Crippen molar-refractivity contribution >= 4 is 5.91 Å². The molecule has 3 aliphatic rings.